The van der Waals surface area contributed by atoms with Crippen LogP contribution in [0, 0.1) is 0 Å². The van der Waals surface area contributed by atoms with Crippen molar-refractivity contribution < 1.29 is 14.6 Å². The Labute approximate surface area is 73.7 Å². The summed E-state index contributed by atoms with van der Waals surface area (Å²) in [7, 11) is 1.75. The smallest absolute Gasteiger partial charge is 0.0701 e. The van der Waals surface area contributed by atoms with Crippen LogP contribution in [0.15, 0.2) is 0 Å². The molecule has 0 aromatic carbocycles. The number of rotatable bonds is 4. The summed E-state index contributed by atoms with van der Waals surface area (Å²) in [6, 6.07) is 0. The number of methoxy groups -OCH3 is 1. The van der Waals surface area contributed by atoms with Gasteiger partial charge in [-0.1, -0.05) is 0 Å². The van der Waals surface area contributed by atoms with Gasteiger partial charge in [0.25, 0.3) is 0 Å². The van der Waals surface area contributed by atoms with Gasteiger partial charge in [-0.05, 0) is 25.7 Å². The highest BCUT2D eigenvalue weighted by Crippen LogP contribution is 2.22. The molecule has 0 bridgehead atoms. The van der Waals surface area contributed by atoms with Gasteiger partial charge in [-0.2, -0.15) is 0 Å². The molecule has 3 heteroatoms. The van der Waals surface area contributed by atoms with Crippen molar-refractivity contribution in [1.29, 1.82) is 0 Å². The van der Waals surface area contributed by atoms with E-state index in [1.807, 2.05) is 0 Å². The highest BCUT2D eigenvalue weighted by molar-refractivity contribution is 4.73. The molecule has 2 atom stereocenters. The van der Waals surface area contributed by atoms with Crippen molar-refractivity contribution in [3.8, 4) is 0 Å². The Morgan fingerprint density at radius 3 is 2.75 bits per heavy atom. The molecule has 1 N–H and O–H groups in total. The number of hydrogen-bond donors (Lipinski definition) is 1. The Morgan fingerprint density at radius 2 is 2.08 bits per heavy atom. The molecule has 0 spiro atoms. The van der Waals surface area contributed by atoms with Crippen molar-refractivity contribution in [3.63, 3.8) is 0 Å². The van der Waals surface area contributed by atoms with Crippen LogP contribution < -0.4 is 0 Å². The zero-order valence-corrected chi connectivity index (χ0v) is 7.66. The molecular formula is C9H18O3. The number of aliphatic hydroxyl groups excluding tert-OH is 1. The fraction of sp³-hybridized carbons (Fsp3) is 1.00. The maximum atomic E-state index is 8.56. The molecule has 0 radical (unpaired) electrons. The summed E-state index contributed by atoms with van der Waals surface area (Å²) in [5, 5.41) is 8.56. The maximum absolute atomic E-state index is 8.56. The van der Waals surface area contributed by atoms with Crippen LogP contribution in [0.3, 0.4) is 0 Å². The number of aliphatic hydroxyl groups is 1. The van der Waals surface area contributed by atoms with Gasteiger partial charge in [0.05, 0.1) is 25.4 Å². The normalized spacial score (nSPS) is 30.5. The molecule has 1 rings (SSSR count). The number of hydrogen-bond acceptors (Lipinski definition) is 3. The monoisotopic (exact) mass is 174 g/mol. The zero-order chi connectivity index (χ0) is 8.81. The second-order valence-electron chi connectivity index (χ2n) is 3.24. The summed E-state index contributed by atoms with van der Waals surface area (Å²) in [5.74, 6) is 0. The van der Waals surface area contributed by atoms with Gasteiger partial charge in [-0.3, -0.25) is 0 Å². The van der Waals surface area contributed by atoms with Crippen LogP contribution in [0.1, 0.15) is 25.7 Å². The second kappa shape index (κ2) is 5.51. The zero-order valence-electron chi connectivity index (χ0n) is 7.66. The third-order valence-corrected chi connectivity index (χ3v) is 2.36. The van der Waals surface area contributed by atoms with E-state index in [0.717, 1.165) is 19.3 Å². The first-order chi connectivity index (χ1) is 5.86. The quantitative estimate of drug-likeness (QED) is 0.689. The molecule has 0 saturated heterocycles. The van der Waals surface area contributed by atoms with Crippen LogP contribution in [0.5, 0.6) is 0 Å². The van der Waals surface area contributed by atoms with Crippen LogP contribution in [-0.4, -0.2) is 37.6 Å². The molecule has 0 amide bonds. The molecule has 2 unspecified atom stereocenters. The van der Waals surface area contributed by atoms with E-state index in [1.165, 1.54) is 6.42 Å². The third-order valence-electron chi connectivity index (χ3n) is 2.36. The summed E-state index contributed by atoms with van der Waals surface area (Å²) >= 11 is 0. The van der Waals surface area contributed by atoms with Crippen molar-refractivity contribution in [3.05, 3.63) is 0 Å². The number of ether oxygens (including phenoxy) is 2. The molecule has 3 nitrogen and oxygen atoms in total. The van der Waals surface area contributed by atoms with Crippen molar-refractivity contribution in [2.75, 3.05) is 20.3 Å². The third kappa shape index (κ3) is 3.09. The van der Waals surface area contributed by atoms with E-state index in [9.17, 15) is 0 Å². The van der Waals surface area contributed by atoms with Gasteiger partial charge in [0, 0.05) is 7.11 Å². The van der Waals surface area contributed by atoms with E-state index in [1.54, 1.807) is 7.11 Å². The highest BCUT2D eigenvalue weighted by Gasteiger charge is 2.21. The molecule has 1 aliphatic carbocycles. The minimum atomic E-state index is 0.119. The molecule has 0 heterocycles. The van der Waals surface area contributed by atoms with Crippen LogP contribution in [0.2, 0.25) is 0 Å². The highest BCUT2D eigenvalue weighted by atomic mass is 16.5. The lowest BCUT2D eigenvalue weighted by molar-refractivity contribution is -0.0382. The topological polar surface area (TPSA) is 38.7 Å². The average molecular weight is 174 g/mol. The summed E-state index contributed by atoms with van der Waals surface area (Å²) in [5.41, 5.74) is 0. The largest absolute Gasteiger partial charge is 0.394 e. The predicted octanol–water partition coefficient (Wildman–Crippen LogP) is 0.953. The van der Waals surface area contributed by atoms with E-state index in [-0.39, 0.29) is 6.61 Å². The summed E-state index contributed by atoms with van der Waals surface area (Å²) < 4.78 is 10.7. The Balaban J connectivity index is 2.16. The van der Waals surface area contributed by atoms with Gasteiger partial charge in [0.15, 0.2) is 0 Å². The fourth-order valence-electron chi connectivity index (χ4n) is 1.69. The SMILES string of the molecule is COC1CCCC(OCCO)C1. The van der Waals surface area contributed by atoms with E-state index in [4.69, 9.17) is 14.6 Å². The molecule has 1 saturated carbocycles. The van der Waals surface area contributed by atoms with Crippen molar-refractivity contribution >= 4 is 0 Å². The molecule has 0 aliphatic heterocycles. The minimum absolute atomic E-state index is 0.119. The van der Waals surface area contributed by atoms with Crippen LogP contribution in [0.4, 0.5) is 0 Å². The molecule has 0 aromatic rings. The Kier molecular flexibility index (Phi) is 4.58. The summed E-state index contributed by atoms with van der Waals surface area (Å²) in [6.07, 6.45) is 5.08. The molecule has 0 aromatic heterocycles. The molecular weight excluding hydrogens is 156 g/mol. The molecule has 12 heavy (non-hydrogen) atoms. The first kappa shape index (κ1) is 9.96. The van der Waals surface area contributed by atoms with Gasteiger partial charge in [-0.15, -0.1) is 0 Å². The van der Waals surface area contributed by atoms with Crippen LogP contribution in [0.25, 0.3) is 0 Å². The van der Waals surface area contributed by atoms with Crippen molar-refractivity contribution in [2.24, 2.45) is 0 Å². The lowest BCUT2D eigenvalue weighted by atomic mass is 9.95. The van der Waals surface area contributed by atoms with E-state index >= 15 is 0 Å². The first-order valence-corrected chi connectivity index (χ1v) is 4.62. The van der Waals surface area contributed by atoms with Gasteiger partial charge in [0.1, 0.15) is 0 Å². The standard InChI is InChI=1S/C9H18O3/c1-11-8-3-2-4-9(7-8)12-6-5-10/h8-10H,2-7H2,1H3. The van der Waals surface area contributed by atoms with Crippen molar-refractivity contribution in [1.82, 2.24) is 0 Å². The van der Waals surface area contributed by atoms with E-state index < -0.39 is 0 Å². The summed E-state index contributed by atoms with van der Waals surface area (Å²) in [4.78, 5) is 0. The lowest BCUT2D eigenvalue weighted by Gasteiger charge is -2.27. The van der Waals surface area contributed by atoms with Crippen molar-refractivity contribution in [2.45, 2.75) is 37.9 Å². The summed E-state index contributed by atoms with van der Waals surface area (Å²) in [6.45, 7) is 0.579. The fourth-order valence-corrected chi connectivity index (χ4v) is 1.69. The van der Waals surface area contributed by atoms with Gasteiger partial charge in [-0.25, -0.2) is 0 Å². The van der Waals surface area contributed by atoms with E-state index in [0.29, 0.717) is 18.8 Å². The van der Waals surface area contributed by atoms with Gasteiger partial charge >= 0.3 is 0 Å². The van der Waals surface area contributed by atoms with Crippen LogP contribution in [-0.2, 0) is 9.47 Å². The molecule has 1 fully saturated rings. The first-order valence-electron chi connectivity index (χ1n) is 4.62. The van der Waals surface area contributed by atoms with E-state index in [2.05, 4.69) is 0 Å². The molecule has 72 valence electrons. The Bertz CT molecular complexity index is 116. The predicted molar refractivity (Wildman–Crippen MR) is 46.1 cm³/mol. The second-order valence-corrected chi connectivity index (χ2v) is 3.24. The Hall–Kier alpha value is -0.120. The Morgan fingerprint density at radius 1 is 1.33 bits per heavy atom. The molecule has 1 aliphatic rings. The minimum Gasteiger partial charge on any atom is -0.394 e. The van der Waals surface area contributed by atoms with Gasteiger partial charge in [0.2, 0.25) is 0 Å². The average Bonchev–Trinajstić information content (AvgIpc) is 2.15. The van der Waals surface area contributed by atoms with Gasteiger partial charge < -0.3 is 14.6 Å². The maximum Gasteiger partial charge on any atom is 0.0701 e. The lowest BCUT2D eigenvalue weighted by Crippen LogP contribution is -2.28. The van der Waals surface area contributed by atoms with Crippen LogP contribution >= 0.6 is 0 Å².